The SMILES string of the molecule is Cc1ccc(COc2ccccc2C(=S)NCc2ccc3c(c2)OCO3)cc1. The van der Waals surface area contributed by atoms with Crippen molar-refractivity contribution >= 4 is 17.2 Å². The number of para-hydroxylation sites is 1. The minimum atomic E-state index is 0.274. The van der Waals surface area contributed by atoms with Crippen LogP contribution >= 0.6 is 12.2 Å². The Labute approximate surface area is 170 Å². The zero-order valence-corrected chi connectivity index (χ0v) is 16.4. The van der Waals surface area contributed by atoms with Crippen LogP contribution in [0.1, 0.15) is 22.3 Å². The van der Waals surface area contributed by atoms with E-state index in [2.05, 4.69) is 36.5 Å². The van der Waals surface area contributed by atoms with Crippen molar-refractivity contribution in [2.24, 2.45) is 0 Å². The zero-order chi connectivity index (χ0) is 19.3. The molecule has 0 aromatic heterocycles. The third-order valence-electron chi connectivity index (χ3n) is 4.54. The second-order valence-electron chi connectivity index (χ2n) is 6.64. The maximum absolute atomic E-state index is 6.03. The molecule has 0 atom stereocenters. The van der Waals surface area contributed by atoms with Crippen LogP contribution in [0.2, 0.25) is 0 Å². The number of rotatable bonds is 6. The third-order valence-corrected chi connectivity index (χ3v) is 4.90. The minimum absolute atomic E-state index is 0.274. The van der Waals surface area contributed by atoms with Gasteiger partial charge in [-0.2, -0.15) is 0 Å². The van der Waals surface area contributed by atoms with E-state index in [1.807, 2.05) is 42.5 Å². The van der Waals surface area contributed by atoms with E-state index in [4.69, 9.17) is 26.4 Å². The van der Waals surface area contributed by atoms with Gasteiger partial charge >= 0.3 is 0 Å². The summed E-state index contributed by atoms with van der Waals surface area (Å²) in [7, 11) is 0. The average Bonchev–Trinajstić information content (AvgIpc) is 3.20. The number of nitrogens with one attached hydrogen (secondary N) is 1. The van der Waals surface area contributed by atoms with Crippen LogP contribution in [-0.2, 0) is 13.2 Å². The van der Waals surface area contributed by atoms with Crippen LogP contribution in [0.3, 0.4) is 0 Å². The van der Waals surface area contributed by atoms with Crippen LogP contribution in [0.15, 0.2) is 66.7 Å². The first-order chi connectivity index (χ1) is 13.7. The summed E-state index contributed by atoms with van der Waals surface area (Å²) < 4.78 is 16.8. The molecule has 1 aliphatic heterocycles. The van der Waals surface area contributed by atoms with Gasteiger partial charge in [0, 0.05) is 6.54 Å². The van der Waals surface area contributed by atoms with Gasteiger partial charge in [-0.1, -0.05) is 60.2 Å². The maximum atomic E-state index is 6.03. The Morgan fingerprint density at radius 3 is 2.57 bits per heavy atom. The molecule has 0 bridgehead atoms. The smallest absolute Gasteiger partial charge is 0.231 e. The summed E-state index contributed by atoms with van der Waals surface area (Å²) in [6.45, 7) is 3.45. The highest BCUT2D eigenvalue weighted by atomic mass is 32.1. The Balaban J connectivity index is 1.40. The Morgan fingerprint density at radius 1 is 0.964 bits per heavy atom. The van der Waals surface area contributed by atoms with E-state index >= 15 is 0 Å². The van der Waals surface area contributed by atoms with Gasteiger partial charge in [-0.25, -0.2) is 0 Å². The van der Waals surface area contributed by atoms with E-state index in [1.54, 1.807) is 0 Å². The van der Waals surface area contributed by atoms with Gasteiger partial charge in [0.05, 0.1) is 5.56 Å². The molecule has 1 heterocycles. The van der Waals surface area contributed by atoms with Crippen LogP contribution in [-0.4, -0.2) is 11.8 Å². The van der Waals surface area contributed by atoms with Crippen LogP contribution in [0.25, 0.3) is 0 Å². The van der Waals surface area contributed by atoms with Gasteiger partial charge in [0.25, 0.3) is 0 Å². The van der Waals surface area contributed by atoms with Crippen molar-refractivity contribution in [3.63, 3.8) is 0 Å². The summed E-state index contributed by atoms with van der Waals surface area (Å²) in [6, 6.07) is 22.0. The topological polar surface area (TPSA) is 39.7 Å². The number of aryl methyl sites for hydroxylation is 1. The van der Waals surface area contributed by atoms with Crippen LogP contribution in [0, 0.1) is 6.92 Å². The number of ether oxygens (including phenoxy) is 3. The molecule has 3 aromatic rings. The molecule has 142 valence electrons. The first kappa shape index (κ1) is 18.3. The molecule has 0 fully saturated rings. The lowest BCUT2D eigenvalue weighted by molar-refractivity contribution is 0.174. The first-order valence-electron chi connectivity index (χ1n) is 9.13. The van der Waals surface area contributed by atoms with Gasteiger partial charge < -0.3 is 19.5 Å². The molecule has 0 aliphatic carbocycles. The molecule has 28 heavy (non-hydrogen) atoms. The summed E-state index contributed by atoms with van der Waals surface area (Å²) in [4.78, 5) is 0.650. The molecular weight excluding hydrogens is 370 g/mol. The van der Waals surface area contributed by atoms with Gasteiger partial charge in [0.2, 0.25) is 6.79 Å². The van der Waals surface area contributed by atoms with Crippen molar-refractivity contribution in [1.82, 2.24) is 5.32 Å². The fourth-order valence-electron chi connectivity index (χ4n) is 2.95. The monoisotopic (exact) mass is 391 g/mol. The molecular formula is C23H21NO3S. The molecule has 1 aliphatic rings. The Morgan fingerprint density at radius 2 is 1.71 bits per heavy atom. The van der Waals surface area contributed by atoms with Crippen molar-refractivity contribution in [1.29, 1.82) is 0 Å². The second kappa shape index (κ2) is 8.31. The number of thiocarbonyl (C=S) groups is 1. The number of benzene rings is 3. The first-order valence-corrected chi connectivity index (χ1v) is 9.54. The lowest BCUT2D eigenvalue weighted by atomic mass is 10.1. The van der Waals surface area contributed by atoms with Crippen molar-refractivity contribution in [2.75, 3.05) is 6.79 Å². The molecule has 0 saturated heterocycles. The molecule has 4 nitrogen and oxygen atoms in total. The van der Waals surface area contributed by atoms with Gasteiger partial charge in [-0.15, -0.1) is 0 Å². The van der Waals surface area contributed by atoms with Gasteiger partial charge in [-0.05, 0) is 42.3 Å². The van der Waals surface area contributed by atoms with E-state index in [0.29, 0.717) is 18.1 Å². The lowest BCUT2D eigenvalue weighted by Gasteiger charge is -2.14. The molecule has 5 heteroatoms. The molecule has 0 spiro atoms. The summed E-state index contributed by atoms with van der Waals surface area (Å²) in [5.74, 6) is 2.32. The maximum Gasteiger partial charge on any atom is 0.231 e. The fraction of sp³-hybridized carbons (Fsp3) is 0.174. The number of hydrogen-bond donors (Lipinski definition) is 1. The second-order valence-corrected chi connectivity index (χ2v) is 7.05. The van der Waals surface area contributed by atoms with Crippen LogP contribution < -0.4 is 19.5 Å². The minimum Gasteiger partial charge on any atom is -0.488 e. The normalized spacial score (nSPS) is 11.9. The highest BCUT2D eigenvalue weighted by Gasteiger charge is 2.14. The quantitative estimate of drug-likeness (QED) is 0.613. The molecule has 0 unspecified atom stereocenters. The highest BCUT2D eigenvalue weighted by molar-refractivity contribution is 7.80. The molecule has 3 aromatic carbocycles. The molecule has 1 N–H and O–H groups in total. The molecule has 0 radical (unpaired) electrons. The fourth-order valence-corrected chi connectivity index (χ4v) is 3.19. The Bertz CT molecular complexity index is 985. The van der Waals surface area contributed by atoms with E-state index in [-0.39, 0.29) is 6.79 Å². The number of fused-ring (bicyclic) bond motifs is 1. The van der Waals surface area contributed by atoms with Gasteiger partial charge in [0.1, 0.15) is 17.3 Å². The predicted molar refractivity (Wildman–Crippen MR) is 113 cm³/mol. The van der Waals surface area contributed by atoms with E-state index in [9.17, 15) is 0 Å². The van der Waals surface area contributed by atoms with Crippen molar-refractivity contribution in [3.05, 3.63) is 89.0 Å². The van der Waals surface area contributed by atoms with Gasteiger partial charge in [-0.3, -0.25) is 0 Å². The Kier molecular flexibility index (Phi) is 5.44. The molecule has 0 amide bonds. The standard InChI is InChI=1S/C23H21NO3S/c1-16-6-8-17(9-7-16)14-25-20-5-3-2-4-19(20)23(28)24-13-18-10-11-21-22(12-18)27-15-26-21/h2-12H,13-15H2,1H3,(H,24,28). The summed E-state index contributed by atoms with van der Waals surface area (Å²) >= 11 is 5.61. The highest BCUT2D eigenvalue weighted by Crippen LogP contribution is 2.32. The zero-order valence-electron chi connectivity index (χ0n) is 15.6. The summed E-state index contributed by atoms with van der Waals surface area (Å²) in [5, 5.41) is 3.31. The Hall–Kier alpha value is -3.05. The van der Waals surface area contributed by atoms with E-state index < -0.39 is 0 Å². The van der Waals surface area contributed by atoms with Crippen LogP contribution in [0.5, 0.6) is 17.2 Å². The number of hydrogen-bond acceptors (Lipinski definition) is 4. The van der Waals surface area contributed by atoms with Crippen molar-refractivity contribution < 1.29 is 14.2 Å². The molecule has 4 rings (SSSR count). The van der Waals surface area contributed by atoms with Gasteiger partial charge in [0.15, 0.2) is 11.5 Å². The summed E-state index contributed by atoms with van der Waals surface area (Å²) in [6.07, 6.45) is 0. The van der Waals surface area contributed by atoms with E-state index in [0.717, 1.165) is 33.9 Å². The van der Waals surface area contributed by atoms with Crippen LogP contribution in [0.4, 0.5) is 0 Å². The average molecular weight is 391 g/mol. The van der Waals surface area contributed by atoms with Crippen molar-refractivity contribution in [3.8, 4) is 17.2 Å². The predicted octanol–water partition coefficient (Wildman–Crippen LogP) is 4.77. The third kappa shape index (κ3) is 4.26. The van der Waals surface area contributed by atoms with E-state index in [1.165, 1.54) is 5.56 Å². The lowest BCUT2D eigenvalue weighted by Crippen LogP contribution is -2.22. The molecule has 0 saturated carbocycles. The van der Waals surface area contributed by atoms with Crippen molar-refractivity contribution in [2.45, 2.75) is 20.1 Å². The largest absolute Gasteiger partial charge is 0.488 e. The summed E-state index contributed by atoms with van der Waals surface area (Å²) in [5.41, 5.74) is 4.31.